The molecular formula is C20H22N4. The lowest BCUT2D eigenvalue weighted by molar-refractivity contribution is 0.514. The van der Waals surface area contributed by atoms with Gasteiger partial charge in [0.15, 0.2) is 5.65 Å². The van der Waals surface area contributed by atoms with Crippen LogP contribution in [0.25, 0.3) is 11.2 Å². The van der Waals surface area contributed by atoms with Gasteiger partial charge in [-0.1, -0.05) is 37.3 Å². The molecule has 0 radical (unpaired) electrons. The summed E-state index contributed by atoms with van der Waals surface area (Å²) in [7, 11) is 0. The van der Waals surface area contributed by atoms with Crippen LogP contribution in [0.5, 0.6) is 0 Å². The fraction of sp³-hybridized carbons (Fsp3) is 0.350. The molecule has 3 aromatic rings. The molecule has 2 atom stereocenters. The molecule has 1 aliphatic heterocycles. The first kappa shape index (κ1) is 15.1. The quantitative estimate of drug-likeness (QED) is 0.723. The van der Waals surface area contributed by atoms with E-state index in [-0.39, 0.29) is 0 Å². The number of hydrogen-bond donors (Lipinski definition) is 0. The molecule has 0 amide bonds. The van der Waals surface area contributed by atoms with E-state index < -0.39 is 0 Å². The van der Waals surface area contributed by atoms with Crippen molar-refractivity contribution in [3.8, 4) is 0 Å². The minimum atomic E-state index is 0.499. The van der Waals surface area contributed by atoms with E-state index in [1.165, 1.54) is 18.4 Å². The van der Waals surface area contributed by atoms with Gasteiger partial charge >= 0.3 is 0 Å². The Balaban J connectivity index is 1.68. The Labute approximate surface area is 142 Å². The maximum atomic E-state index is 4.77. The molecule has 0 N–H and O–H groups in total. The van der Waals surface area contributed by atoms with Gasteiger partial charge in [0, 0.05) is 30.9 Å². The highest BCUT2D eigenvalue weighted by molar-refractivity contribution is 5.71. The van der Waals surface area contributed by atoms with Crippen LogP contribution in [-0.2, 0) is 0 Å². The van der Waals surface area contributed by atoms with Crippen LogP contribution in [0, 0.1) is 0 Å². The predicted molar refractivity (Wildman–Crippen MR) is 97.2 cm³/mol. The summed E-state index contributed by atoms with van der Waals surface area (Å²) in [5.41, 5.74) is 3.01. The molecule has 4 rings (SSSR count). The van der Waals surface area contributed by atoms with Crippen LogP contribution < -0.4 is 4.90 Å². The lowest BCUT2D eigenvalue weighted by atomic mass is 9.87. The van der Waals surface area contributed by atoms with Crippen molar-refractivity contribution in [2.45, 2.75) is 38.1 Å². The molecule has 3 heterocycles. The van der Waals surface area contributed by atoms with E-state index in [9.17, 15) is 0 Å². The molecule has 1 aliphatic rings. The summed E-state index contributed by atoms with van der Waals surface area (Å²) in [5, 5.41) is 0. The van der Waals surface area contributed by atoms with Crippen LogP contribution in [0.15, 0.2) is 54.9 Å². The molecule has 1 aromatic carbocycles. The normalized spacial score (nSPS) is 18.9. The first-order chi connectivity index (χ1) is 11.9. The Hall–Kier alpha value is -2.49. The zero-order valence-electron chi connectivity index (χ0n) is 14.0. The SMILES string of the molecule is CCC(c1ccccc1)C1CCCN1c1ccc2nccnc2n1. The second kappa shape index (κ2) is 6.56. The number of anilines is 1. The summed E-state index contributed by atoms with van der Waals surface area (Å²) in [5.74, 6) is 1.56. The number of pyridine rings is 1. The van der Waals surface area contributed by atoms with Crippen molar-refractivity contribution in [3.05, 3.63) is 60.4 Å². The highest BCUT2D eigenvalue weighted by Crippen LogP contribution is 2.36. The number of fused-ring (bicyclic) bond motifs is 1. The zero-order chi connectivity index (χ0) is 16.4. The summed E-state index contributed by atoms with van der Waals surface area (Å²) < 4.78 is 0. The van der Waals surface area contributed by atoms with Crippen molar-refractivity contribution in [2.75, 3.05) is 11.4 Å². The molecular weight excluding hydrogens is 296 g/mol. The second-order valence-corrected chi connectivity index (χ2v) is 6.40. The average molecular weight is 318 g/mol. The van der Waals surface area contributed by atoms with Gasteiger partial charge in [-0.05, 0) is 37.0 Å². The van der Waals surface area contributed by atoms with Gasteiger partial charge in [-0.15, -0.1) is 0 Å². The maximum absolute atomic E-state index is 4.77. The standard InChI is InChI=1S/C20H22N4/c1-2-16(15-7-4-3-5-8-15)18-9-6-14-24(18)19-11-10-17-20(23-19)22-13-12-21-17/h3-5,7-8,10-13,16,18H,2,6,9,14H2,1H3. The van der Waals surface area contributed by atoms with E-state index in [2.05, 4.69) is 58.2 Å². The molecule has 24 heavy (non-hydrogen) atoms. The number of aromatic nitrogens is 3. The lowest BCUT2D eigenvalue weighted by Crippen LogP contribution is -2.35. The third kappa shape index (κ3) is 2.73. The van der Waals surface area contributed by atoms with Crippen LogP contribution in [0.4, 0.5) is 5.82 Å². The van der Waals surface area contributed by atoms with E-state index in [1.54, 1.807) is 12.4 Å². The maximum Gasteiger partial charge on any atom is 0.180 e. The smallest absolute Gasteiger partial charge is 0.180 e. The highest BCUT2D eigenvalue weighted by Gasteiger charge is 2.32. The Kier molecular flexibility index (Phi) is 4.11. The lowest BCUT2D eigenvalue weighted by Gasteiger charge is -2.32. The molecule has 0 spiro atoms. The molecule has 2 aromatic heterocycles. The van der Waals surface area contributed by atoms with Gasteiger partial charge in [0.25, 0.3) is 0 Å². The minimum Gasteiger partial charge on any atom is -0.353 e. The molecule has 2 unspecified atom stereocenters. The fourth-order valence-corrected chi connectivity index (χ4v) is 3.93. The first-order valence-electron chi connectivity index (χ1n) is 8.76. The molecule has 1 saturated heterocycles. The Bertz CT molecular complexity index is 818. The van der Waals surface area contributed by atoms with E-state index in [1.807, 2.05) is 6.07 Å². The van der Waals surface area contributed by atoms with Crippen LogP contribution in [0.2, 0.25) is 0 Å². The van der Waals surface area contributed by atoms with Crippen molar-refractivity contribution in [2.24, 2.45) is 0 Å². The predicted octanol–water partition coefficient (Wildman–Crippen LogP) is 4.19. The number of benzene rings is 1. The van der Waals surface area contributed by atoms with Crippen LogP contribution in [0.3, 0.4) is 0 Å². The molecule has 122 valence electrons. The van der Waals surface area contributed by atoms with E-state index in [0.717, 1.165) is 29.9 Å². The van der Waals surface area contributed by atoms with Crippen LogP contribution in [-0.4, -0.2) is 27.5 Å². The van der Waals surface area contributed by atoms with Gasteiger partial charge in [-0.2, -0.15) is 0 Å². The monoisotopic (exact) mass is 318 g/mol. The molecule has 0 saturated carbocycles. The number of nitrogens with zero attached hydrogens (tertiary/aromatic N) is 4. The van der Waals surface area contributed by atoms with Crippen molar-refractivity contribution >= 4 is 17.0 Å². The minimum absolute atomic E-state index is 0.499. The molecule has 0 aliphatic carbocycles. The summed E-state index contributed by atoms with van der Waals surface area (Å²) in [6, 6.07) is 15.5. The van der Waals surface area contributed by atoms with Crippen molar-refractivity contribution in [1.29, 1.82) is 0 Å². The van der Waals surface area contributed by atoms with Gasteiger partial charge in [0.05, 0.1) is 0 Å². The zero-order valence-corrected chi connectivity index (χ0v) is 14.0. The number of rotatable bonds is 4. The summed E-state index contributed by atoms with van der Waals surface area (Å²) in [6.45, 7) is 3.35. The molecule has 4 heteroatoms. The molecule has 0 bridgehead atoms. The van der Waals surface area contributed by atoms with Gasteiger partial charge in [-0.25, -0.2) is 9.97 Å². The summed E-state index contributed by atoms with van der Waals surface area (Å²) in [4.78, 5) is 15.9. The largest absolute Gasteiger partial charge is 0.353 e. The van der Waals surface area contributed by atoms with Crippen LogP contribution in [0.1, 0.15) is 37.7 Å². The first-order valence-corrected chi connectivity index (χ1v) is 8.76. The molecule has 1 fully saturated rings. The average Bonchev–Trinajstić information content (AvgIpc) is 3.12. The van der Waals surface area contributed by atoms with Crippen molar-refractivity contribution in [3.63, 3.8) is 0 Å². The van der Waals surface area contributed by atoms with E-state index >= 15 is 0 Å². The highest BCUT2D eigenvalue weighted by atomic mass is 15.2. The summed E-state index contributed by atoms with van der Waals surface area (Å²) in [6.07, 6.45) is 6.99. The van der Waals surface area contributed by atoms with Gasteiger partial charge in [0.1, 0.15) is 11.3 Å². The molecule has 4 nitrogen and oxygen atoms in total. The Morgan fingerprint density at radius 2 is 1.92 bits per heavy atom. The Morgan fingerprint density at radius 1 is 1.08 bits per heavy atom. The van der Waals surface area contributed by atoms with E-state index in [0.29, 0.717) is 12.0 Å². The van der Waals surface area contributed by atoms with E-state index in [4.69, 9.17) is 4.98 Å². The third-order valence-electron chi connectivity index (χ3n) is 5.04. The van der Waals surface area contributed by atoms with Gasteiger partial charge in [-0.3, -0.25) is 4.98 Å². The third-order valence-corrected chi connectivity index (χ3v) is 5.04. The van der Waals surface area contributed by atoms with Crippen molar-refractivity contribution in [1.82, 2.24) is 15.0 Å². The van der Waals surface area contributed by atoms with Gasteiger partial charge < -0.3 is 4.90 Å². The van der Waals surface area contributed by atoms with Crippen LogP contribution >= 0.6 is 0 Å². The second-order valence-electron chi connectivity index (χ2n) is 6.40. The Morgan fingerprint density at radius 3 is 2.75 bits per heavy atom. The van der Waals surface area contributed by atoms with Gasteiger partial charge in [0.2, 0.25) is 0 Å². The van der Waals surface area contributed by atoms with Crippen molar-refractivity contribution < 1.29 is 0 Å². The summed E-state index contributed by atoms with van der Waals surface area (Å²) >= 11 is 0. The topological polar surface area (TPSA) is 41.9 Å². The number of hydrogen-bond acceptors (Lipinski definition) is 4. The fourth-order valence-electron chi connectivity index (χ4n) is 3.93.